The Hall–Kier alpha value is -4.37. The van der Waals surface area contributed by atoms with Crippen LogP contribution >= 0.6 is 0 Å². The predicted molar refractivity (Wildman–Crippen MR) is 139 cm³/mol. The Morgan fingerprint density at radius 3 is 2.33 bits per heavy atom. The standard InChI is InChI=1S/C27H29N5O4/c1-18-27(31(14-15-35-2)16-19-4-11-23(36-3)12-5-19)32-17-21(8-13-24(32)29-18)26(34)30-22-9-6-20(7-10-22)25(28)33/h4-13,17H,14-16H2,1-3H3,(H2,28,33)(H,30,34). The number of nitrogens with two attached hydrogens (primary N) is 1. The fourth-order valence-corrected chi connectivity index (χ4v) is 4.00. The molecule has 4 aromatic rings. The highest BCUT2D eigenvalue weighted by Gasteiger charge is 2.18. The fraction of sp³-hybridized carbons (Fsp3) is 0.222. The summed E-state index contributed by atoms with van der Waals surface area (Å²) < 4.78 is 12.6. The summed E-state index contributed by atoms with van der Waals surface area (Å²) >= 11 is 0. The smallest absolute Gasteiger partial charge is 0.257 e. The number of benzene rings is 2. The molecule has 0 saturated heterocycles. The first-order chi connectivity index (χ1) is 17.4. The van der Waals surface area contributed by atoms with E-state index in [9.17, 15) is 9.59 Å². The number of fused-ring (bicyclic) bond motifs is 1. The number of hydrogen-bond donors (Lipinski definition) is 2. The normalized spacial score (nSPS) is 10.9. The van der Waals surface area contributed by atoms with Crippen molar-refractivity contribution >= 4 is 29.0 Å². The molecule has 0 aliphatic carbocycles. The molecule has 0 aliphatic heterocycles. The number of amides is 2. The molecule has 2 aromatic heterocycles. The van der Waals surface area contributed by atoms with Crippen molar-refractivity contribution in [3.05, 3.63) is 89.2 Å². The number of imidazole rings is 1. The number of aromatic nitrogens is 2. The quantitative estimate of drug-likeness (QED) is 0.353. The number of pyridine rings is 1. The van der Waals surface area contributed by atoms with Crippen LogP contribution in [0.15, 0.2) is 66.9 Å². The molecule has 4 rings (SSSR count). The monoisotopic (exact) mass is 487 g/mol. The van der Waals surface area contributed by atoms with Crippen LogP contribution in [-0.4, -0.2) is 48.6 Å². The summed E-state index contributed by atoms with van der Waals surface area (Å²) in [5.41, 5.74) is 9.39. The van der Waals surface area contributed by atoms with Crippen LogP contribution in [0.4, 0.5) is 11.5 Å². The van der Waals surface area contributed by atoms with Crippen molar-refractivity contribution in [1.82, 2.24) is 9.38 Å². The second kappa shape index (κ2) is 10.9. The minimum Gasteiger partial charge on any atom is -0.497 e. The summed E-state index contributed by atoms with van der Waals surface area (Å²) in [7, 11) is 3.32. The number of methoxy groups -OCH3 is 2. The summed E-state index contributed by atoms with van der Waals surface area (Å²) in [6, 6.07) is 17.9. The number of carbonyl (C=O) groups is 2. The predicted octanol–water partition coefficient (Wildman–Crippen LogP) is 3.66. The molecule has 9 nitrogen and oxygen atoms in total. The first-order valence-electron chi connectivity index (χ1n) is 11.5. The molecule has 0 fully saturated rings. The molecular formula is C27H29N5O4. The van der Waals surface area contributed by atoms with Crippen LogP contribution in [0, 0.1) is 6.92 Å². The lowest BCUT2D eigenvalue weighted by molar-refractivity contribution is 0.0998. The van der Waals surface area contributed by atoms with Crippen LogP contribution in [0.2, 0.25) is 0 Å². The van der Waals surface area contributed by atoms with Gasteiger partial charge in [-0.25, -0.2) is 4.98 Å². The third kappa shape index (κ3) is 5.47. The van der Waals surface area contributed by atoms with Crippen LogP contribution < -0.4 is 20.7 Å². The van der Waals surface area contributed by atoms with E-state index in [-0.39, 0.29) is 5.91 Å². The van der Waals surface area contributed by atoms with Crippen LogP contribution in [0.3, 0.4) is 0 Å². The van der Waals surface area contributed by atoms with E-state index in [1.807, 2.05) is 41.7 Å². The maximum absolute atomic E-state index is 13.0. The zero-order valence-electron chi connectivity index (χ0n) is 20.5. The van der Waals surface area contributed by atoms with Gasteiger partial charge in [0, 0.05) is 37.6 Å². The Labute approximate surface area is 209 Å². The molecule has 3 N–H and O–H groups in total. The molecule has 0 unspecified atom stereocenters. The van der Waals surface area contributed by atoms with Gasteiger partial charge in [0.1, 0.15) is 17.2 Å². The van der Waals surface area contributed by atoms with Crippen molar-refractivity contribution in [1.29, 1.82) is 0 Å². The summed E-state index contributed by atoms with van der Waals surface area (Å²) in [6.07, 6.45) is 1.78. The fourth-order valence-electron chi connectivity index (χ4n) is 4.00. The van der Waals surface area contributed by atoms with Gasteiger partial charge in [0.15, 0.2) is 0 Å². The topological polar surface area (TPSA) is 111 Å². The third-order valence-corrected chi connectivity index (χ3v) is 5.85. The van der Waals surface area contributed by atoms with Crippen molar-refractivity contribution < 1.29 is 19.1 Å². The number of nitrogens with one attached hydrogen (secondary N) is 1. The number of ether oxygens (including phenoxy) is 2. The second-order valence-electron chi connectivity index (χ2n) is 8.32. The molecule has 2 heterocycles. The van der Waals surface area contributed by atoms with E-state index >= 15 is 0 Å². The summed E-state index contributed by atoms with van der Waals surface area (Å²) in [6.45, 7) is 3.75. The Kier molecular flexibility index (Phi) is 7.50. The van der Waals surface area contributed by atoms with Crippen LogP contribution in [0.25, 0.3) is 5.65 Å². The molecular weight excluding hydrogens is 458 g/mol. The highest BCUT2D eigenvalue weighted by atomic mass is 16.5. The molecule has 9 heteroatoms. The van der Waals surface area contributed by atoms with Crippen LogP contribution in [0.1, 0.15) is 32.0 Å². The first-order valence-corrected chi connectivity index (χ1v) is 11.5. The van der Waals surface area contributed by atoms with Gasteiger partial charge in [0.2, 0.25) is 5.91 Å². The lowest BCUT2D eigenvalue weighted by Gasteiger charge is -2.25. The number of rotatable bonds is 10. The number of nitrogens with zero attached hydrogens (tertiary/aromatic N) is 3. The Morgan fingerprint density at radius 1 is 1.00 bits per heavy atom. The average molecular weight is 488 g/mol. The van der Waals surface area contributed by atoms with Gasteiger partial charge in [-0.05, 0) is 61.0 Å². The van der Waals surface area contributed by atoms with E-state index in [0.29, 0.717) is 36.5 Å². The Bertz CT molecular complexity index is 1360. The lowest BCUT2D eigenvalue weighted by Crippen LogP contribution is -2.28. The van der Waals surface area contributed by atoms with E-state index in [1.54, 1.807) is 50.7 Å². The number of aryl methyl sites for hydroxylation is 1. The van der Waals surface area contributed by atoms with Gasteiger partial charge in [-0.1, -0.05) is 12.1 Å². The van der Waals surface area contributed by atoms with Crippen molar-refractivity contribution in [2.75, 3.05) is 37.6 Å². The van der Waals surface area contributed by atoms with E-state index in [4.69, 9.17) is 20.2 Å². The molecule has 2 amide bonds. The highest BCUT2D eigenvalue weighted by molar-refractivity contribution is 6.04. The maximum atomic E-state index is 13.0. The lowest BCUT2D eigenvalue weighted by atomic mass is 10.2. The molecule has 0 spiro atoms. The van der Waals surface area contributed by atoms with E-state index in [1.165, 1.54) is 0 Å². The molecule has 186 valence electrons. The van der Waals surface area contributed by atoms with Crippen molar-refractivity contribution in [2.24, 2.45) is 5.73 Å². The first kappa shape index (κ1) is 24.7. The van der Waals surface area contributed by atoms with Crippen molar-refractivity contribution in [3.63, 3.8) is 0 Å². The van der Waals surface area contributed by atoms with Gasteiger partial charge in [0.25, 0.3) is 5.91 Å². The highest BCUT2D eigenvalue weighted by Crippen LogP contribution is 2.25. The number of anilines is 2. The molecule has 2 aromatic carbocycles. The van der Waals surface area contributed by atoms with Crippen molar-refractivity contribution in [3.8, 4) is 5.75 Å². The minimum atomic E-state index is -0.519. The van der Waals surface area contributed by atoms with E-state index in [2.05, 4.69) is 10.2 Å². The van der Waals surface area contributed by atoms with E-state index < -0.39 is 5.91 Å². The minimum absolute atomic E-state index is 0.278. The molecule has 0 saturated carbocycles. The van der Waals surface area contributed by atoms with Gasteiger partial charge in [0.05, 0.1) is 25.0 Å². The van der Waals surface area contributed by atoms with Gasteiger partial charge in [-0.15, -0.1) is 0 Å². The average Bonchev–Trinajstić information content (AvgIpc) is 3.22. The summed E-state index contributed by atoms with van der Waals surface area (Å²) in [5, 5.41) is 2.86. The summed E-state index contributed by atoms with van der Waals surface area (Å²) in [5.74, 6) is 0.889. The third-order valence-electron chi connectivity index (χ3n) is 5.85. The largest absolute Gasteiger partial charge is 0.497 e. The zero-order valence-corrected chi connectivity index (χ0v) is 20.5. The second-order valence-corrected chi connectivity index (χ2v) is 8.32. The molecule has 0 radical (unpaired) electrons. The molecule has 36 heavy (non-hydrogen) atoms. The van der Waals surface area contributed by atoms with Gasteiger partial charge in [-0.3, -0.25) is 14.0 Å². The van der Waals surface area contributed by atoms with Crippen molar-refractivity contribution in [2.45, 2.75) is 13.5 Å². The van der Waals surface area contributed by atoms with E-state index in [0.717, 1.165) is 28.5 Å². The number of primary amides is 1. The summed E-state index contributed by atoms with van der Waals surface area (Å²) in [4.78, 5) is 31.2. The SMILES string of the molecule is COCCN(Cc1ccc(OC)cc1)c1c(C)nc2ccc(C(=O)Nc3ccc(C(N)=O)cc3)cn12. The van der Waals surface area contributed by atoms with Gasteiger partial charge < -0.3 is 25.4 Å². The number of hydrogen-bond acceptors (Lipinski definition) is 6. The number of carbonyl (C=O) groups excluding carboxylic acids is 2. The molecule has 0 bridgehead atoms. The Balaban J connectivity index is 1.63. The molecule has 0 aliphatic rings. The van der Waals surface area contributed by atoms with Crippen LogP contribution in [-0.2, 0) is 11.3 Å². The van der Waals surface area contributed by atoms with Gasteiger partial charge in [-0.2, -0.15) is 0 Å². The van der Waals surface area contributed by atoms with Gasteiger partial charge >= 0.3 is 0 Å². The molecule has 0 atom stereocenters. The maximum Gasteiger partial charge on any atom is 0.257 e. The van der Waals surface area contributed by atoms with Crippen LogP contribution in [0.5, 0.6) is 5.75 Å². The zero-order chi connectivity index (χ0) is 25.7. The Morgan fingerprint density at radius 2 is 1.69 bits per heavy atom.